The molecule has 0 unspecified atom stereocenters. The van der Waals surface area contributed by atoms with Crippen molar-refractivity contribution < 1.29 is 9.63 Å². The third-order valence-corrected chi connectivity index (χ3v) is 5.76. The minimum Gasteiger partial charge on any atom is -0.383 e. The quantitative estimate of drug-likeness (QED) is 0.882. The van der Waals surface area contributed by atoms with Crippen molar-refractivity contribution in [2.24, 2.45) is 0 Å². The lowest BCUT2D eigenvalue weighted by Crippen LogP contribution is -2.64. The fourth-order valence-corrected chi connectivity index (χ4v) is 4.14. The lowest BCUT2D eigenvalue weighted by molar-refractivity contribution is -0.0758. The van der Waals surface area contributed by atoms with E-state index in [-0.39, 0.29) is 6.04 Å². The van der Waals surface area contributed by atoms with E-state index in [0.717, 1.165) is 31.7 Å². The van der Waals surface area contributed by atoms with Gasteiger partial charge >= 0.3 is 0 Å². The smallest absolute Gasteiger partial charge is 0.266 e. The van der Waals surface area contributed by atoms with Crippen LogP contribution in [-0.4, -0.2) is 77.4 Å². The Kier molecular flexibility index (Phi) is 4.69. The Labute approximate surface area is 154 Å². The molecule has 2 aliphatic heterocycles. The van der Waals surface area contributed by atoms with Gasteiger partial charge in [-0.3, -0.25) is 4.90 Å². The molecule has 1 aromatic carbocycles. The highest BCUT2D eigenvalue weighted by atomic mass is 16.5. The molecule has 0 amide bonds. The predicted molar refractivity (Wildman–Crippen MR) is 99.1 cm³/mol. The number of aryl methyl sites for hydroxylation is 1. The summed E-state index contributed by atoms with van der Waals surface area (Å²) in [7, 11) is 2.15. The molecule has 2 aliphatic rings. The Morgan fingerprint density at radius 1 is 1.12 bits per heavy atom. The summed E-state index contributed by atoms with van der Waals surface area (Å²) >= 11 is 0. The summed E-state index contributed by atoms with van der Waals surface area (Å²) in [6.07, 6.45) is 0.640. The Morgan fingerprint density at radius 2 is 1.85 bits per heavy atom. The van der Waals surface area contributed by atoms with Crippen molar-refractivity contribution in [3.05, 3.63) is 41.8 Å². The topological polar surface area (TPSA) is 68.9 Å². The molecule has 1 N–H and O–H groups in total. The Morgan fingerprint density at radius 3 is 2.50 bits per heavy atom. The van der Waals surface area contributed by atoms with E-state index in [1.807, 2.05) is 30.3 Å². The molecule has 0 aliphatic carbocycles. The minimum atomic E-state index is -0.869. The minimum absolute atomic E-state index is 0.00819. The molecular weight excluding hydrogens is 330 g/mol. The number of piperidine rings is 1. The summed E-state index contributed by atoms with van der Waals surface area (Å²) in [6, 6.07) is 10.1. The van der Waals surface area contributed by atoms with Gasteiger partial charge in [-0.1, -0.05) is 30.3 Å². The van der Waals surface area contributed by atoms with Crippen LogP contribution in [0.1, 0.15) is 17.9 Å². The van der Waals surface area contributed by atoms with Crippen LogP contribution in [0.5, 0.6) is 0 Å². The molecule has 0 bridgehead atoms. The summed E-state index contributed by atoms with van der Waals surface area (Å²) in [4.78, 5) is 11.3. The lowest BCUT2D eigenvalue weighted by atomic mass is 9.79. The molecule has 0 spiro atoms. The van der Waals surface area contributed by atoms with Crippen LogP contribution >= 0.6 is 0 Å². The second kappa shape index (κ2) is 6.98. The third-order valence-electron chi connectivity index (χ3n) is 5.76. The van der Waals surface area contributed by atoms with Gasteiger partial charge in [0.2, 0.25) is 5.89 Å². The second-order valence-corrected chi connectivity index (χ2v) is 7.45. The fraction of sp³-hybridized carbons (Fsp3) is 0.579. The summed E-state index contributed by atoms with van der Waals surface area (Å²) in [5, 5.41) is 15.8. The van der Waals surface area contributed by atoms with E-state index in [4.69, 9.17) is 4.52 Å². The number of aliphatic hydroxyl groups is 1. The van der Waals surface area contributed by atoms with Crippen LogP contribution in [0.25, 0.3) is 0 Å². The average molecular weight is 357 g/mol. The third kappa shape index (κ3) is 3.22. The molecule has 0 radical (unpaired) electrons. The first-order valence-electron chi connectivity index (χ1n) is 9.32. The molecule has 26 heavy (non-hydrogen) atoms. The molecule has 1 aromatic heterocycles. The summed E-state index contributed by atoms with van der Waals surface area (Å²) in [5.41, 5.74) is 0.125. The second-order valence-electron chi connectivity index (χ2n) is 7.45. The van der Waals surface area contributed by atoms with Gasteiger partial charge in [-0.2, -0.15) is 4.98 Å². The number of piperazine rings is 1. The van der Waals surface area contributed by atoms with E-state index in [0.29, 0.717) is 31.3 Å². The number of nitrogens with zero attached hydrogens (tertiary/aromatic N) is 5. The number of hydrogen-bond donors (Lipinski definition) is 1. The van der Waals surface area contributed by atoms with Crippen LogP contribution in [0.15, 0.2) is 34.9 Å². The first-order chi connectivity index (χ1) is 12.6. The maximum atomic E-state index is 11.7. The van der Waals surface area contributed by atoms with Gasteiger partial charge in [-0.25, -0.2) is 0 Å². The number of hydrogen-bond acceptors (Lipinski definition) is 7. The Balaban J connectivity index is 1.63. The summed E-state index contributed by atoms with van der Waals surface area (Å²) < 4.78 is 5.16. The van der Waals surface area contributed by atoms with Gasteiger partial charge in [0.25, 0.3) is 5.95 Å². The van der Waals surface area contributed by atoms with Crippen LogP contribution in [0, 0.1) is 6.92 Å². The molecule has 2 fully saturated rings. The maximum Gasteiger partial charge on any atom is 0.266 e. The van der Waals surface area contributed by atoms with Crippen molar-refractivity contribution >= 4 is 5.95 Å². The molecule has 7 nitrogen and oxygen atoms in total. The van der Waals surface area contributed by atoms with Gasteiger partial charge in [0.15, 0.2) is 0 Å². The fourth-order valence-electron chi connectivity index (χ4n) is 4.14. The number of aromatic nitrogens is 2. The van der Waals surface area contributed by atoms with E-state index in [1.54, 1.807) is 6.92 Å². The van der Waals surface area contributed by atoms with Crippen molar-refractivity contribution in [2.45, 2.75) is 25.0 Å². The van der Waals surface area contributed by atoms with E-state index in [9.17, 15) is 5.11 Å². The highest BCUT2D eigenvalue weighted by molar-refractivity contribution is 5.34. The zero-order valence-corrected chi connectivity index (χ0v) is 15.5. The van der Waals surface area contributed by atoms with Crippen molar-refractivity contribution in [3.63, 3.8) is 0 Å². The number of likely N-dealkylation sites (N-methyl/N-ethyl adjacent to an activating group) is 1. The molecule has 7 heteroatoms. The highest BCUT2D eigenvalue weighted by Gasteiger charge is 2.46. The van der Waals surface area contributed by atoms with Crippen LogP contribution < -0.4 is 4.90 Å². The lowest BCUT2D eigenvalue weighted by Gasteiger charge is -2.50. The van der Waals surface area contributed by atoms with Gasteiger partial charge in [0, 0.05) is 46.2 Å². The van der Waals surface area contributed by atoms with Gasteiger partial charge in [0.1, 0.15) is 5.60 Å². The number of benzene rings is 1. The Bertz CT molecular complexity index is 729. The van der Waals surface area contributed by atoms with Crippen LogP contribution in [0.2, 0.25) is 0 Å². The molecule has 2 aromatic rings. The van der Waals surface area contributed by atoms with Crippen molar-refractivity contribution in [2.75, 3.05) is 51.2 Å². The summed E-state index contributed by atoms with van der Waals surface area (Å²) in [5.74, 6) is 1.19. The van der Waals surface area contributed by atoms with E-state index in [1.165, 1.54) is 0 Å². The number of rotatable bonds is 3. The predicted octanol–water partition coefficient (Wildman–Crippen LogP) is 1.09. The van der Waals surface area contributed by atoms with Crippen LogP contribution in [0.3, 0.4) is 0 Å². The first kappa shape index (κ1) is 17.5. The molecule has 140 valence electrons. The normalized spacial score (nSPS) is 28.4. The molecular formula is C19H27N5O2. The molecule has 0 saturated carbocycles. The van der Waals surface area contributed by atoms with Gasteiger partial charge in [-0.15, -0.1) is 0 Å². The van der Waals surface area contributed by atoms with Crippen LogP contribution in [0.4, 0.5) is 5.95 Å². The zero-order chi connectivity index (χ0) is 18.1. The number of anilines is 1. The molecule has 2 atom stereocenters. The maximum absolute atomic E-state index is 11.7. The summed E-state index contributed by atoms with van der Waals surface area (Å²) in [6.45, 7) is 7.14. The van der Waals surface area contributed by atoms with Crippen molar-refractivity contribution in [1.82, 2.24) is 19.9 Å². The standard InChI is InChI=1S/C19H27N5O2/c1-15-20-18(21-26-15)24-9-8-19(25,16-6-4-3-5-7-16)17(14-24)23-12-10-22(2)11-13-23/h3-7,17,25H,8-14H2,1-2H3/t17-,19+/m1/s1. The van der Waals surface area contributed by atoms with Crippen LogP contribution in [-0.2, 0) is 5.60 Å². The van der Waals surface area contributed by atoms with E-state index >= 15 is 0 Å². The average Bonchev–Trinajstić information content (AvgIpc) is 3.10. The molecule has 4 rings (SSSR count). The van der Waals surface area contributed by atoms with Gasteiger partial charge in [0.05, 0.1) is 6.04 Å². The largest absolute Gasteiger partial charge is 0.383 e. The molecule has 2 saturated heterocycles. The van der Waals surface area contributed by atoms with Gasteiger partial charge < -0.3 is 19.4 Å². The van der Waals surface area contributed by atoms with E-state index in [2.05, 4.69) is 31.9 Å². The first-order valence-corrected chi connectivity index (χ1v) is 9.32. The van der Waals surface area contributed by atoms with Gasteiger partial charge in [-0.05, 0) is 24.2 Å². The highest BCUT2D eigenvalue weighted by Crippen LogP contribution is 2.37. The Hall–Kier alpha value is -1.96. The van der Waals surface area contributed by atoms with Crippen molar-refractivity contribution in [1.29, 1.82) is 0 Å². The molecule has 3 heterocycles. The van der Waals surface area contributed by atoms with Crippen molar-refractivity contribution in [3.8, 4) is 0 Å². The monoisotopic (exact) mass is 357 g/mol. The van der Waals surface area contributed by atoms with E-state index < -0.39 is 5.60 Å². The SMILES string of the molecule is Cc1nc(N2CC[C@](O)(c3ccccc3)[C@H](N3CCN(C)CC3)C2)no1. The zero-order valence-electron chi connectivity index (χ0n) is 15.5.